The summed E-state index contributed by atoms with van der Waals surface area (Å²) in [5.74, 6) is -1.47. The van der Waals surface area contributed by atoms with Crippen LogP contribution in [0, 0.1) is 12.7 Å². The highest BCUT2D eigenvalue weighted by atomic mass is 19.4. The maximum absolute atomic E-state index is 14.1. The first kappa shape index (κ1) is 34.5. The van der Waals surface area contributed by atoms with E-state index in [1.807, 2.05) is 0 Å². The molecule has 45 heavy (non-hydrogen) atoms. The minimum Gasteiger partial charge on any atom is -0.395 e. The molecule has 0 aliphatic carbocycles. The predicted octanol–water partition coefficient (Wildman–Crippen LogP) is 5.15. The first-order valence-electron chi connectivity index (χ1n) is 14.6. The minimum atomic E-state index is -5.06. The van der Waals surface area contributed by atoms with Gasteiger partial charge < -0.3 is 20.2 Å². The number of hydrogen-bond acceptors (Lipinski definition) is 4. The summed E-state index contributed by atoms with van der Waals surface area (Å²) in [7, 11) is 1.49. The summed E-state index contributed by atoms with van der Waals surface area (Å²) in [5.41, 5.74) is -3.77. The zero-order chi connectivity index (χ0) is 33.5. The number of aryl methyl sites for hydroxylation is 1. The van der Waals surface area contributed by atoms with Crippen LogP contribution in [0.15, 0.2) is 36.4 Å². The lowest BCUT2D eigenvalue weighted by Gasteiger charge is -2.51. The molecule has 2 atom stereocenters. The maximum atomic E-state index is 14.1. The Morgan fingerprint density at radius 2 is 1.53 bits per heavy atom. The van der Waals surface area contributed by atoms with E-state index < -0.39 is 52.2 Å². The minimum absolute atomic E-state index is 0.0115. The molecule has 2 aliphatic rings. The number of amides is 3. The van der Waals surface area contributed by atoms with Gasteiger partial charge in [0.15, 0.2) is 0 Å². The normalized spacial score (nSPS) is 20.1. The number of urea groups is 1. The van der Waals surface area contributed by atoms with E-state index in [-0.39, 0.29) is 37.2 Å². The lowest BCUT2D eigenvalue weighted by molar-refractivity contribution is -0.144. The number of likely N-dealkylation sites (tertiary alicyclic amines) is 2. The van der Waals surface area contributed by atoms with Gasteiger partial charge >= 0.3 is 18.4 Å². The Bertz CT molecular complexity index is 1370. The summed E-state index contributed by atoms with van der Waals surface area (Å²) in [6.07, 6.45) is -9.70. The van der Waals surface area contributed by atoms with E-state index in [4.69, 9.17) is 5.11 Å². The van der Waals surface area contributed by atoms with Crippen LogP contribution in [0.4, 0.5) is 35.5 Å². The number of nitrogens with zero attached hydrogens (tertiary/aromatic N) is 3. The molecule has 14 heteroatoms. The van der Waals surface area contributed by atoms with Crippen LogP contribution in [0.1, 0.15) is 54.0 Å². The second-order valence-electron chi connectivity index (χ2n) is 12.3. The summed E-state index contributed by atoms with van der Waals surface area (Å²) >= 11 is 0. The molecule has 2 N–H and O–H groups in total. The van der Waals surface area contributed by atoms with E-state index >= 15 is 0 Å². The van der Waals surface area contributed by atoms with Crippen LogP contribution < -0.4 is 5.32 Å². The van der Waals surface area contributed by atoms with Crippen LogP contribution in [0.25, 0.3) is 0 Å². The molecule has 2 aromatic rings. The van der Waals surface area contributed by atoms with Crippen LogP contribution >= 0.6 is 0 Å². The van der Waals surface area contributed by atoms with Gasteiger partial charge in [0, 0.05) is 57.8 Å². The number of carbonyl (C=O) groups is 2. The molecule has 0 radical (unpaired) electrons. The zero-order valence-electron chi connectivity index (χ0n) is 25.4. The van der Waals surface area contributed by atoms with Gasteiger partial charge in [-0.1, -0.05) is 6.07 Å². The second-order valence-corrected chi connectivity index (χ2v) is 12.3. The van der Waals surface area contributed by atoms with Gasteiger partial charge in [-0.15, -0.1) is 0 Å². The number of halogens is 7. The molecule has 2 saturated heterocycles. The summed E-state index contributed by atoms with van der Waals surface area (Å²) in [4.78, 5) is 31.4. The molecule has 2 aliphatic heterocycles. The van der Waals surface area contributed by atoms with Crippen molar-refractivity contribution in [2.24, 2.45) is 0 Å². The lowest BCUT2D eigenvalue weighted by Crippen LogP contribution is -2.65. The number of rotatable bonds is 7. The number of nitrogens with one attached hydrogen (secondary N) is 1. The van der Waals surface area contributed by atoms with Crippen molar-refractivity contribution >= 4 is 11.9 Å². The fraction of sp³-hybridized carbons (Fsp3) is 0.548. The highest BCUT2D eigenvalue weighted by Gasteiger charge is 2.45. The third kappa shape index (κ3) is 7.37. The van der Waals surface area contributed by atoms with E-state index in [0.717, 1.165) is 5.56 Å². The van der Waals surface area contributed by atoms with Crippen LogP contribution in [-0.4, -0.2) is 90.2 Å². The smallest absolute Gasteiger partial charge is 0.395 e. The fourth-order valence-corrected chi connectivity index (χ4v) is 6.28. The quantitative estimate of drug-likeness (QED) is 0.409. The number of benzene rings is 2. The molecule has 3 amide bonds. The molecule has 0 saturated carbocycles. The van der Waals surface area contributed by atoms with E-state index in [9.17, 15) is 40.3 Å². The first-order chi connectivity index (χ1) is 20.8. The van der Waals surface area contributed by atoms with Crippen molar-refractivity contribution in [3.8, 4) is 0 Å². The molecule has 7 nitrogen and oxygen atoms in total. The van der Waals surface area contributed by atoms with Crippen LogP contribution in [0.2, 0.25) is 0 Å². The van der Waals surface area contributed by atoms with Crippen molar-refractivity contribution in [2.45, 2.75) is 63.0 Å². The van der Waals surface area contributed by atoms with Gasteiger partial charge in [0.2, 0.25) is 5.91 Å². The standard InChI is InChI=1S/C31H37F7N4O3/c1-18-11-22(32)5-6-24(18)25-17-41(23-15-42(16-23)28(45)39-8-10-43)9-7-26(25)40(4)27(44)29(2,3)19-12-20(30(33,34)35)14-21(13-19)31(36,37)38/h5-6,11-14,23,25-26,43H,7-10,15-17H2,1-4H3,(H,39,45). The molecule has 0 aromatic heterocycles. The SMILES string of the molecule is Cc1cc(F)ccc1C1CN(C2CN(C(=O)NCCO)C2)CCC1N(C)C(=O)C(C)(C)c1cc(C(F)(F)F)cc(C(F)(F)F)c1. The van der Waals surface area contributed by atoms with Gasteiger partial charge in [0.25, 0.3) is 0 Å². The Morgan fingerprint density at radius 3 is 2.07 bits per heavy atom. The lowest BCUT2D eigenvalue weighted by atomic mass is 9.78. The van der Waals surface area contributed by atoms with Gasteiger partial charge in [-0.2, -0.15) is 26.3 Å². The third-order valence-corrected chi connectivity index (χ3v) is 8.95. The Morgan fingerprint density at radius 1 is 0.956 bits per heavy atom. The van der Waals surface area contributed by atoms with Crippen molar-refractivity contribution < 1.29 is 45.4 Å². The number of carbonyl (C=O) groups excluding carboxylic acids is 2. The number of aliphatic hydroxyl groups excluding tert-OH is 1. The molecule has 2 aromatic carbocycles. The monoisotopic (exact) mass is 646 g/mol. The highest BCUT2D eigenvalue weighted by molar-refractivity contribution is 5.87. The Labute approximate surface area is 257 Å². The molecule has 2 unspecified atom stereocenters. The summed E-state index contributed by atoms with van der Waals surface area (Å²) < 4.78 is 95.7. The van der Waals surface area contributed by atoms with Gasteiger partial charge in [-0.05, 0) is 74.2 Å². The molecule has 0 bridgehead atoms. The molecular formula is C31H37F7N4O3. The van der Waals surface area contributed by atoms with Crippen molar-refractivity contribution in [3.63, 3.8) is 0 Å². The number of alkyl halides is 6. The number of piperidine rings is 1. The average Bonchev–Trinajstić information content (AvgIpc) is 2.93. The number of likely N-dealkylation sites (N-methyl/N-ethyl adjacent to an activating group) is 1. The van der Waals surface area contributed by atoms with E-state index in [1.165, 1.54) is 37.9 Å². The molecule has 2 fully saturated rings. The van der Waals surface area contributed by atoms with Crippen molar-refractivity contribution in [1.82, 2.24) is 20.0 Å². The van der Waals surface area contributed by atoms with Gasteiger partial charge in [0.05, 0.1) is 23.1 Å². The van der Waals surface area contributed by atoms with Gasteiger partial charge in [-0.3, -0.25) is 9.69 Å². The van der Waals surface area contributed by atoms with Crippen molar-refractivity contribution in [2.75, 3.05) is 46.4 Å². The second kappa shape index (κ2) is 12.8. The summed E-state index contributed by atoms with van der Waals surface area (Å²) in [6.45, 7) is 6.11. The Balaban J connectivity index is 1.62. The van der Waals surface area contributed by atoms with Crippen LogP contribution in [-0.2, 0) is 22.6 Å². The molecular weight excluding hydrogens is 609 g/mol. The third-order valence-electron chi connectivity index (χ3n) is 8.95. The molecule has 248 valence electrons. The Hall–Kier alpha value is -3.39. The first-order valence-corrected chi connectivity index (χ1v) is 14.6. The van der Waals surface area contributed by atoms with E-state index in [2.05, 4.69) is 10.2 Å². The van der Waals surface area contributed by atoms with Crippen LogP contribution in [0.3, 0.4) is 0 Å². The zero-order valence-corrected chi connectivity index (χ0v) is 25.4. The van der Waals surface area contributed by atoms with Crippen molar-refractivity contribution in [1.29, 1.82) is 0 Å². The van der Waals surface area contributed by atoms with Crippen LogP contribution in [0.5, 0.6) is 0 Å². The highest BCUT2D eigenvalue weighted by Crippen LogP contribution is 2.41. The fourth-order valence-electron chi connectivity index (χ4n) is 6.28. The van der Waals surface area contributed by atoms with E-state index in [1.54, 1.807) is 17.9 Å². The summed E-state index contributed by atoms with van der Waals surface area (Å²) in [6, 6.07) is 4.73. The largest absolute Gasteiger partial charge is 0.416 e. The van der Waals surface area contributed by atoms with E-state index in [0.29, 0.717) is 50.3 Å². The predicted molar refractivity (Wildman–Crippen MR) is 152 cm³/mol. The topological polar surface area (TPSA) is 76.1 Å². The molecule has 4 rings (SSSR count). The molecule has 2 heterocycles. The van der Waals surface area contributed by atoms with Crippen molar-refractivity contribution in [3.05, 3.63) is 70.0 Å². The Kier molecular flexibility index (Phi) is 9.79. The van der Waals surface area contributed by atoms with Gasteiger partial charge in [0.1, 0.15) is 5.82 Å². The average molecular weight is 647 g/mol. The number of hydrogen-bond donors (Lipinski definition) is 2. The molecule has 0 spiro atoms. The number of aliphatic hydroxyl groups is 1. The van der Waals surface area contributed by atoms with Gasteiger partial charge in [-0.25, -0.2) is 9.18 Å². The summed E-state index contributed by atoms with van der Waals surface area (Å²) in [5, 5.41) is 11.6. The maximum Gasteiger partial charge on any atom is 0.416 e.